The molecule has 0 amide bonds. The lowest BCUT2D eigenvalue weighted by Gasteiger charge is -2.12. The predicted molar refractivity (Wildman–Crippen MR) is 103 cm³/mol. The van der Waals surface area contributed by atoms with Gasteiger partial charge in [0, 0.05) is 30.4 Å². The lowest BCUT2D eigenvalue weighted by molar-refractivity contribution is -0.387. The number of aryl methyl sites for hydroxylation is 1. The molecular weight excluding hydrogens is 401 g/mol. The molecule has 0 radical (unpaired) electrons. The summed E-state index contributed by atoms with van der Waals surface area (Å²) < 4.78 is 46.7. The number of rotatable bonds is 7. The zero-order chi connectivity index (χ0) is 21.0. The van der Waals surface area contributed by atoms with Crippen molar-refractivity contribution in [1.82, 2.24) is 9.71 Å². The number of nitrogens with one attached hydrogen (secondary N) is 1. The van der Waals surface area contributed by atoms with Crippen LogP contribution >= 0.6 is 0 Å². The first-order valence-electron chi connectivity index (χ1n) is 8.39. The van der Waals surface area contributed by atoms with Gasteiger partial charge in [-0.3, -0.25) is 10.1 Å². The van der Waals surface area contributed by atoms with Crippen molar-refractivity contribution in [2.24, 2.45) is 0 Å². The van der Waals surface area contributed by atoms with Crippen LogP contribution in [-0.2, 0) is 16.6 Å². The maximum absolute atomic E-state index is 13.4. The van der Waals surface area contributed by atoms with Gasteiger partial charge in [-0.05, 0) is 30.7 Å². The molecule has 0 aliphatic rings. The molecule has 3 rings (SSSR count). The first kappa shape index (κ1) is 20.4. The van der Waals surface area contributed by atoms with Gasteiger partial charge in [0.15, 0.2) is 4.90 Å². The van der Waals surface area contributed by atoms with Crippen molar-refractivity contribution in [1.29, 1.82) is 0 Å². The Morgan fingerprint density at radius 1 is 1.17 bits per heavy atom. The van der Waals surface area contributed by atoms with Crippen molar-refractivity contribution in [2.45, 2.75) is 18.4 Å². The summed E-state index contributed by atoms with van der Waals surface area (Å²) >= 11 is 0. The summed E-state index contributed by atoms with van der Waals surface area (Å²) in [4.78, 5) is 14.1. The Hall–Kier alpha value is -3.37. The molecule has 0 saturated carbocycles. The SMILES string of the molecule is Cc1cccc([N+](=O)[O-])c1S(=O)(=O)NCc1cccnc1Oc1cccc(F)c1. The molecule has 29 heavy (non-hydrogen) atoms. The van der Waals surface area contributed by atoms with Crippen LogP contribution in [0.4, 0.5) is 10.1 Å². The second kappa shape index (κ2) is 8.33. The van der Waals surface area contributed by atoms with E-state index in [4.69, 9.17) is 4.74 Å². The second-order valence-electron chi connectivity index (χ2n) is 6.03. The van der Waals surface area contributed by atoms with E-state index < -0.39 is 31.3 Å². The molecular formula is C19H16FN3O5S. The summed E-state index contributed by atoms with van der Waals surface area (Å²) in [6.07, 6.45) is 1.44. The molecule has 0 bridgehead atoms. The van der Waals surface area contributed by atoms with E-state index in [1.54, 1.807) is 12.1 Å². The molecule has 10 heteroatoms. The van der Waals surface area contributed by atoms with Crippen LogP contribution in [0.2, 0.25) is 0 Å². The maximum atomic E-state index is 13.4. The minimum absolute atomic E-state index is 0.0834. The second-order valence-corrected chi connectivity index (χ2v) is 7.74. The summed E-state index contributed by atoms with van der Waals surface area (Å²) in [7, 11) is -4.20. The summed E-state index contributed by atoms with van der Waals surface area (Å²) in [5.74, 6) is -0.213. The number of ether oxygens (including phenoxy) is 1. The minimum Gasteiger partial charge on any atom is -0.439 e. The van der Waals surface area contributed by atoms with E-state index in [9.17, 15) is 22.9 Å². The highest BCUT2D eigenvalue weighted by Crippen LogP contribution is 2.28. The van der Waals surface area contributed by atoms with Gasteiger partial charge in [0.1, 0.15) is 11.6 Å². The number of nitro groups is 1. The lowest BCUT2D eigenvalue weighted by Crippen LogP contribution is -2.25. The number of halogens is 1. The smallest absolute Gasteiger partial charge is 0.289 e. The largest absolute Gasteiger partial charge is 0.439 e. The Labute approximate surface area is 166 Å². The number of aromatic nitrogens is 1. The Kier molecular flexibility index (Phi) is 5.85. The molecule has 0 unspecified atom stereocenters. The number of hydrogen-bond donors (Lipinski definition) is 1. The Morgan fingerprint density at radius 3 is 2.66 bits per heavy atom. The van der Waals surface area contributed by atoms with Crippen molar-refractivity contribution in [3.05, 3.63) is 87.9 Å². The van der Waals surface area contributed by atoms with E-state index in [0.717, 1.165) is 6.07 Å². The fourth-order valence-electron chi connectivity index (χ4n) is 2.67. The molecule has 150 valence electrons. The van der Waals surface area contributed by atoms with E-state index in [1.807, 2.05) is 0 Å². The molecule has 3 aromatic rings. The van der Waals surface area contributed by atoms with Crippen molar-refractivity contribution in [2.75, 3.05) is 0 Å². The van der Waals surface area contributed by atoms with Crippen LogP contribution in [0.3, 0.4) is 0 Å². The highest BCUT2D eigenvalue weighted by Gasteiger charge is 2.27. The number of sulfonamides is 1. The number of benzene rings is 2. The van der Waals surface area contributed by atoms with Gasteiger partial charge < -0.3 is 4.74 Å². The summed E-state index contributed by atoms with van der Waals surface area (Å²) in [5.41, 5.74) is 0.102. The summed E-state index contributed by atoms with van der Waals surface area (Å²) in [6.45, 7) is 1.25. The number of nitrogens with zero attached hydrogens (tertiary/aromatic N) is 2. The van der Waals surface area contributed by atoms with Crippen molar-refractivity contribution < 1.29 is 22.5 Å². The normalized spacial score (nSPS) is 11.2. The third-order valence-corrected chi connectivity index (χ3v) is 5.56. The Morgan fingerprint density at radius 2 is 1.93 bits per heavy atom. The van der Waals surface area contributed by atoms with Crippen molar-refractivity contribution in [3.63, 3.8) is 0 Å². The Bertz CT molecular complexity index is 1170. The number of pyridine rings is 1. The van der Waals surface area contributed by atoms with E-state index in [0.29, 0.717) is 5.56 Å². The molecule has 0 atom stereocenters. The van der Waals surface area contributed by atoms with Crippen LogP contribution in [0.5, 0.6) is 11.6 Å². The van der Waals surface area contributed by atoms with E-state index >= 15 is 0 Å². The highest BCUT2D eigenvalue weighted by atomic mass is 32.2. The first-order valence-corrected chi connectivity index (χ1v) is 9.87. The predicted octanol–water partition coefficient (Wildman–Crippen LogP) is 3.71. The molecule has 1 heterocycles. The molecule has 0 fully saturated rings. The zero-order valence-corrected chi connectivity index (χ0v) is 16.0. The average molecular weight is 417 g/mol. The molecule has 8 nitrogen and oxygen atoms in total. The van der Waals surface area contributed by atoms with Crippen LogP contribution in [0.15, 0.2) is 65.7 Å². The molecule has 0 spiro atoms. The number of nitro benzene ring substituents is 1. The Balaban J connectivity index is 1.86. The molecule has 0 aliphatic heterocycles. The fraction of sp³-hybridized carbons (Fsp3) is 0.105. The summed E-state index contributed by atoms with van der Waals surface area (Å²) in [5, 5.41) is 11.2. The standard InChI is InChI=1S/C19H16FN3O5S/c1-13-5-2-9-17(23(24)25)18(13)29(26,27)22-12-14-6-4-10-21-19(14)28-16-8-3-7-15(20)11-16/h2-11,22H,12H2,1H3. The van der Waals surface area contributed by atoms with Gasteiger partial charge in [-0.25, -0.2) is 22.5 Å². The van der Waals surface area contributed by atoms with Gasteiger partial charge in [-0.2, -0.15) is 0 Å². The highest BCUT2D eigenvalue weighted by molar-refractivity contribution is 7.89. The van der Waals surface area contributed by atoms with Crippen LogP contribution in [0, 0.1) is 22.9 Å². The van der Waals surface area contributed by atoms with Gasteiger partial charge >= 0.3 is 0 Å². The quantitative estimate of drug-likeness (QED) is 0.463. The van der Waals surface area contributed by atoms with Crippen LogP contribution in [0.1, 0.15) is 11.1 Å². The zero-order valence-electron chi connectivity index (χ0n) is 15.2. The molecule has 1 N–H and O–H groups in total. The first-order chi connectivity index (χ1) is 13.8. The minimum atomic E-state index is -4.20. The maximum Gasteiger partial charge on any atom is 0.289 e. The van der Waals surface area contributed by atoms with E-state index in [-0.39, 0.29) is 23.7 Å². The van der Waals surface area contributed by atoms with Gasteiger partial charge in [-0.1, -0.05) is 24.3 Å². The van der Waals surface area contributed by atoms with Crippen LogP contribution in [-0.4, -0.2) is 18.3 Å². The van der Waals surface area contributed by atoms with Gasteiger partial charge in [0.25, 0.3) is 5.69 Å². The third-order valence-electron chi connectivity index (χ3n) is 3.97. The van der Waals surface area contributed by atoms with Crippen molar-refractivity contribution >= 4 is 15.7 Å². The van der Waals surface area contributed by atoms with Crippen molar-refractivity contribution in [3.8, 4) is 11.6 Å². The van der Waals surface area contributed by atoms with Crippen LogP contribution in [0.25, 0.3) is 0 Å². The van der Waals surface area contributed by atoms with Crippen LogP contribution < -0.4 is 9.46 Å². The average Bonchev–Trinajstić information content (AvgIpc) is 2.67. The molecule has 2 aromatic carbocycles. The summed E-state index contributed by atoms with van der Waals surface area (Å²) in [6, 6.07) is 12.6. The van der Waals surface area contributed by atoms with E-state index in [1.165, 1.54) is 49.5 Å². The lowest BCUT2D eigenvalue weighted by atomic mass is 10.2. The number of hydrogen-bond acceptors (Lipinski definition) is 6. The topological polar surface area (TPSA) is 111 Å². The van der Waals surface area contributed by atoms with E-state index in [2.05, 4.69) is 9.71 Å². The van der Waals surface area contributed by atoms with Gasteiger partial charge in [-0.15, -0.1) is 0 Å². The monoisotopic (exact) mass is 417 g/mol. The molecule has 0 saturated heterocycles. The van der Waals surface area contributed by atoms with Gasteiger partial charge in [0.05, 0.1) is 4.92 Å². The molecule has 0 aliphatic carbocycles. The fourth-order valence-corrected chi connectivity index (χ4v) is 4.07. The third kappa shape index (κ3) is 4.73. The van der Waals surface area contributed by atoms with Gasteiger partial charge in [0.2, 0.25) is 15.9 Å². The molecule has 1 aromatic heterocycles.